The van der Waals surface area contributed by atoms with Crippen LogP contribution in [-0.4, -0.2) is 30.3 Å². The topological polar surface area (TPSA) is 73.3 Å². The van der Waals surface area contributed by atoms with Crippen LogP contribution in [-0.2, 0) is 5.75 Å². The average Bonchev–Trinajstić information content (AvgIpc) is 3.14. The van der Waals surface area contributed by atoms with E-state index in [1.807, 2.05) is 0 Å². The van der Waals surface area contributed by atoms with Gasteiger partial charge in [0.1, 0.15) is 17.3 Å². The molecule has 9 heteroatoms. The summed E-state index contributed by atoms with van der Waals surface area (Å²) < 4.78 is 24.6. The lowest BCUT2D eigenvalue weighted by Crippen LogP contribution is -2.12. The highest BCUT2D eigenvalue weighted by Gasteiger charge is 2.13. The first kappa shape index (κ1) is 19.1. The van der Waals surface area contributed by atoms with Crippen molar-refractivity contribution in [2.75, 3.05) is 19.5 Å². The largest absolute Gasteiger partial charge is 0.497 e. The number of benzene rings is 2. The molecule has 0 aliphatic carbocycles. The number of methoxy groups -OCH3 is 2. The Morgan fingerprint density at radius 1 is 1.15 bits per heavy atom. The van der Waals surface area contributed by atoms with Gasteiger partial charge in [-0.1, -0.05) is 41.3 Å². The lowest BCUT2D eigenvalue weighted by Gasteiger charge is -2.07. The second-order valence-corrected chi connectivity index (χ2v) is 7.51. The smallest absolute Gasteiger partial charge is 0.257 e. The molecule has 140 valence electrons. The third kappa shape index (κ3) is 4.95. The van der Waals surface area contributed by atoms with Gasteiger partial charge in [0.2, 0.25) is 5.13 Å². The van der Waals surface area contributed by atoms with E-state index in [2.05, 4.69) is 15.5 Å². The van der Waals surface area contributed by atoms with Gasteiger partial charge in [-0.2, -0.15) is 0 Å². The number of halogens is 1. The summed E-state index contributed by atoms with van der Waals surface area (Å²) in [4.78, 5) is 12.4. The number of hydrogen-bond donors (Lipinski definition) is 1. The van der Waals surface area contributed by atoms with Crippen LogP contribution in [0.2, 0.25) is 0 Å². The zero-order chi connectivity index (χ0) is 19.2. The molecule has 0 radical (unpaired) electrons. The summed E-state index contributed by atoms with van der Waals surface area (Å²) in [5.41, 5.74) is 0.966. The van der Waals surface area contributed by atoms with Crippen LogP contribution >= 0.6 is 23.1 Å². The quantitative estimate of drug-likeness (QED) is 0.468. The van der Waals surface area contributed by atoms with Crippen molar-refractivity contribution in [3.63, 3.8) is 0 Å². The minimum Gasteiger partial charge on any atom is -0.497 e. The van der Waals surface area contributed by atoms with Crippen molar-refractivity contribution < 1.29 is 18.7 Å². The van der Waals surface area contributed by atoms with Crippen LogP contribution in [0.1, 0.15) is 15.9 Å². The van der Waals surface area contributed by atoms with E-state index >= 15 is 0 Å². The van der Waals surface area contributed by atoms with Crippen LogP contribution in [0, 0.1) is 5.82 Å². The highest BCUT2D eigenvalue weighted by Crippen LogP contribution is 2.29. The van der Waals surface area contributed by atoms with Gasteiger partial charge in [-0.25, -0.2) is 4.39 Å². The number of nitrogens with zero attached hydrogens (tertiary/aromatic N) is 2. The number of thioether (sulfide) groups is 1. The summed E-state index contributed by atoms with van der Waals surface area (Å²) in [6.45, 7) is 0. The van der Waals surface area contributed by atoms with E-state index in [1.165, 1.54) is 43.4 Å². The fraction of sp³-hybridized carbons (Fsp3) is 0.167. The molecule has 2 aromatic carbocycles. The molecule has 0 fully saturated rings. The number of carbonyl (C=O) groups excluding carboxylic acids is 1. The van der Waals surface area contributed by atoms with Gasteiger partial charge in [-0.3, -0.25) is 10.1 Å². The lowest BCUT2D eigenvalue weighted by atomic mass is 10.2. The van der Waals surface area contributed by atoms with Crippen LogP contribution in [0.5, 0.6) is 11.5 Å². The molecule has 0 aliphatic heterocycles. The number of rotatable bonds is 7. The molecule has 0 bridgehead atoms. The van der Waals surface area contributed by atoms with Gasteiger partial charge in [-0.15, -0.1) is 10.2 Å². The predicted octanol–water partition coefficient (Wildman–Crippen LogP) is 4.24. The summed E-state index contributed by atoms with van der Waals surface area (Å²) in [6.07, 6.45) is 0. The molecule has 27 heavy (non-hydrogen) atoms. The molecule has 1 amide bonds. The molecule has 3 rings (SSSR count). The van der Waals surface area contributed by atoms with Gasteiger partial charge in [-0.05, 0) is 23.8 Å². The maximum atomic E-state index is 13.7. The number of anilines is 1. The third-order valence-corrected chi connectivity index (χ3v) is 5.57. The Balaban J connectivity index is 1.65. The van der Waals surface area contributed by atoms with Gasteiger partial charge < -0.3 is 9.47 Å². The van der Waals surface area contributed by atoms with Crippen molar-refractivity contribution in [3.8, 4) is 11.5 Å². The van der Waals surface area contributed by atoms with E-state index in [4.69, 9.17) is 9.47 Å². The summed E-state index contributed by atoms with van der Waals surface area (Å²) in [6, 6.07) is 11.5. The molecule has 1 N–H and O–H groups in total. The molecule has 0 spiro atoms. The summed E-state index contributed by atoms with van der Waals surface area (Å²) >= 11 is 2.58. The molecule has 6 nitrogen and oxygen atoms in total. The molecule has 3 aromatic rings. The van der Waals surface area contributed by atoms with E-state index in [0.717, 1.165) is 0 Å². The lowest BCUT2D eigenvalue weighted by molar-refractivity contribution is 0.102. The first-order chi connectivity index (χ1) is 13.1. The number of amides is 1. The monoisotopic (exact) mass is 405 g/mol. The molecule has 0 aliphatic rings. The Morgan fingerprint density at radius 2 is 1.85 bits per heavy atom. The van der Waals surface area contributed by atoms with Crippen molar-refractivity contribution in [2.45, 2.75) is 10.1 Å². The Kier molecular flexibility index (Phi) is 6.25. The second kappa shape index (κ2) is 8.83. The van der Waals surface area contributed by atoms with Crippen molar-refractivity contribution in [3.05, 3.63) is 59.4 Å². The Morgan fingerprint density at radius 3 is 2.52 bits per heavy atom. The van der Waals surface area contributed by atoms with Crippen molar-refractivity contribution in [1.29, 1.82) is 0 Å². The fourth-order valence-electron chi connectivity index (χ4n) is 2.18. The minimum absolute atomic E-state index is 0.255. The van der Waals surface area contributed by atoms with E-state index in [1.54, 1.807) is 36.4 Å². The fourth-order valence-corrected chi connectivity index (χ4v) is 3.91. The first-order valence-electron chi connectivity index (χ1n) is 7.83. The van der Waals surface area contributed by atoms with E-state index < -0.39 is 0 Å². The molecular formula is C18H16FN3O3S2. The molecule has 1 heterocycles. The molecule has 0 unspecified atom stereocenters. The minimum atomic E-state index is -0.353. The van der Waals surface area contributed by atoms with E-state index in [9.17, 15) is 9.18 Å². The van der Waals surface area contributed by atoms with Crippen molar-refractivity contribution in [2.24, 2.45) is 0 Å². The van der Waals surface area contributed by atoms with Gasteiger partial charge >= 0.3 is 0 Å². The number of carbonyl (C=O) groups is 1. The number of nitrogens with one attached hydrogen (secondary N) is 1. The molecule has 0 atom stereocenters. The molecule has 0 saturated heterocycles. The number of hydrogen-bond acceptors (Lipinski definition) is 7. The maximum absolute atomic E-state index is 13.7. The van der Waals surface area contributed by atoms with Crippen LogP contribution in [0.15, 0.2) is 46.8 Å². The van der Waals surface area contributed by atoms with Gasteiger partial charge in [0.25, 0.3) is 5.91 Å². The van der Waals surface area contributed by atoms with Crippen molar-refractivity contribution >= 4 is 34.1 Å². The number of aromatic nitrogens is 2. The van der Waals surface area contributed by atoms with Gasteiger partial charge in [0.15, 0.2) is 4.34 Å². The Bertz CT molecular complexity index is 927. The zero-order valence-corrected chi connectivity index (χ0v) is 16.2. The summed E-state index contributed by atoms with van der Waals surface area (Å²) in [5, 5.41) is 11.0. The zero-order valence-electron chi connectivity index (χ0n) is 14.6. The van der Waals surface area contributed by atoms with Crippen molar-refractivity contribution in [1.82, 2.24) is 10.2 Å². The standard InChI is InChI=1S/C18H16FN3O3S2/c1-24-13-7-12(8-14(9-13)25-2)16(23)20-17-21-22-18(27-17)26-10-11-5-3-4-6-15(11)19/h3-9H,10H2,1-2H3,(H,20,21,23). The number of ether oxygens (including phenoxy) is 2. The van der Waals surface area contributed by atoms with Gasteiger partial charge in [0, 0.05) is 17.4 Å². The summed E-state index contributed by atoms with van der Waals surface area (Å²) in [7, 11) is 3.03. The van der Waals surface area contributed by atoms with Crippen LogP contribution in [0.25, 0.3) is 0 Å². The predicted molar refractivity (Wildman–Crippen MR) is 103 cm³/mol. The average molecular weight is 405 g/mol. The SMILES string of the molecule is COc1cc(OC)cc(C(=O)Nc2nnc(SCc3ccccc3F)s2)c1. The van der Waals surface area contributed by atoms with Crippen LogP contribution in [0.4, 0.5) is 9.52 Å². The highest BCUT2D eigenvalue weighted by molar-refractivity contribution is 8.00. The van der Waals surface area contributed by atoms with Crippen LogP contribution < -0.4 is 14.8 Å². The van der Waals surface area contributed by atoms with E-state index in [-0.39, 0.29) is 11.7 Å². The first-order valence-corrected chi connectivity index (χ1v) is 9.63. The normalized spacial score (nSPS) is 10.5. The highest BCUT2D eigenvalue weighted by atomic mass is 32.2. The van der Waals surface area contributed by atoms with Crippen LogP contribution in [0.3, 0.4) is 0 Å². The molecule has 1 aromatic heterocycles. The second-order valence-electron chi connectivity index (χ2n) is 5.31. The van der Waals surface area contributed by atoms with Gasteiger partial charge in [0.05, 0.1) is 14.2 Å². The third-order valence-electron chi connectivity index (χ3n) is 3.55. The maximum Gasteiger partial charge on any atom is 0.257 e. The van der Waals surface area contributed by atoms with E-state index in [0.29, 0.717) is 37.8 Å². The Hall–Kier alpha value is -2.65. The molecular weight excluding hydrogens is 389 g/mol. The molecule has 0 saturated carbocycles. The Labute approximate surface area is 163 Å². The summed E-state index contributed by atoms with van der Waals surface area (Å²) in [5.74, 6) is 0.849.